The third-order valence-electron chi connectivity index (χ3n) is 2.98. The molecule has 0 amide bonds. The SMILES string of the molecule is CCc1ccc(C(C)(O)c2sccc2Br)cc1. The van der Waals surface area contributed by atoms with E-state index in [1.165, 1.54) is 5.56 Å². The molecule has 0 spiro atoms. The molecule has 0 radical (unpaired) electrons. The van der Waals surface area contributed by atoms with Crippen molar-refractivity contribution in [2.24, 2.45) is 0 Å². The molecule has 1 unspecified atom stereocenters. The minimum absolute atomic E-state index is 0.929. The normalized spacial score (nSPS) is 14.6. The first-order valence-corrected chi connectivity index (χ1v) is 7.28. The molecule has 0 aliphatic heterocycles. The van der Waals surface area contributed by atoms with Crippen molar-refractivity contribution < 1.29 is 5.11 Å². The van der Waals surface area contributed by atoms with Gasteiger partial charge in [0.1, 0.15) is 5.60 Å². The van der Waals surface area contributed by atoms with Gasteiger partial charge in [-0.2, -0.15) is 0 Å². The van der Waals surface area contributed by atoms with Crippen LogP contribution in [0, 0.1) is 0 Å². The van der Waals surface area contributed by atoms with Crippen molar-refractivity contribution >= 4 is 27.3 Å². The lowest BCUT2D eigenvalue weighted by atomic mass is 9.93. The largest absolute Gasteiger partial charge is 0.380 e. The molecule has 1 atom stereocenters. The van der Waals surface area contributed by atoms with E-state index in [1.54, 1.807) is 11.3 Å². The second-order valence-electron chi connectivity index (χ2n) is 4.22. The second kappa shape index (κ2) is 4.92. The third kappa shape index (κ3) is 2.46. The molecule has 2 aromatic rings. The molecule has 1 nitrogen and oxygen atoms in total. The summed E-state index contributed by atoms with van der Waals surface area (Å²) in [5.41, 5.74) is 1.28. The highest BCUT2D eigenvalue weighted by Gasteiger charge is 2.28. The van der Waals surface area contributed by atoms with Gasteiger partial charge in [-0.3, -0.25) is 0 Å². The zero-order chi connectivity index (χ0) is 12.5. The molecule has 0 saturated heterocycles. The Bertz CT molecular complexity index is 499. The summed E-state index contributed by atoms with van der Waals surface area (Å²) in [6.07, 6.45) is 1.02. The van der Waals surface area contributed by atoms with Crippen molar-refractivity contribution in [2.75, 3.05) is 0 Å². The maximum atomic E-state index is 10.7. The van der Waals surface area contributed by atoms with Gasteiger partial charge in [0.2, 0.25) is 0 Å². The Kier molecular flexibility index (Phi) is 3.71. The van der Waals surface area contributed by atoms with Crippen molar-refractivity contribution in [1.29, 1.82) is 0 Å². The van der Waals surface area contributed by atoms with Gasteiger partial charge in [0.15, 0.2) is 0 Å². The Hall–Kier alpha value is -0.640. The van der Waals surface area contributed by atoms with Crippen molar-refractivity contribution in [3.63, 3.8) is 0 Å². The average Bonchev–Trinajstić information content (AvgIpc) is 2.76. The minimum atomic E-state index is -0.931. The first-order valence-electron chi connectivity index (χ1n) is 5.61. The molecule has 0 bridgehead atoms. The van der Waals surface area contributed by atoms with Crippen molar-refractivity contribution in [1.82, 2.24) is 0 Å². The van der Waals surface area contributed by atoms with E-state index in [2.05, 4.69) is 35.0 Å². The van der Waals surface area contributed by atoms with E-state index in [0.717, 1.165) is 21.3 Å². The van der Waals surface area contributed by atoms with Gasteiger partial charge in [-0.05, 0) is 51.8 Å². The molecule has 3 heteroatoms. The maximum absolute atomic E-state index is 10.7. The van der Waals surface area contributed by atoms with E-state index in [9.17, 15) is 5.11 Å². The molecule has 2 rings (SSSR count). The quantitative estimate of drug-likeness (QED) is 0.894. The van der Waals surface area contributed by atoms with Crippen molar-refractivity contribution in [2.45, 2.75) is 25.9 Å². The zero-order valence-corrected chi connectivity index (χ0v) is 12.3. The van der Waals surface area contributed by atoms with Crippen LogP contribution in [0.4, 0.5) is 0 Å². The Balaban J connectivity index is 2.40. The van der Waals surface area contributed by atoms with Crippen LogP contribution in [-0.4, -0.2) is 5.11 Å². The number of aliphatic hydroxyl groups is 1. The zero-order valence-electron chi connectivity index (χ0n) is 9.90. The first-order chi connectivity index (χ1) is 8.05. The van der Waals surface area contributed by atoms with E-state index < -0.39 is 5.60 Å². The van der Waals surface area contributed by atoms with E-state index in [4.69, 9.17) is 0 Å². The molecule has 17 heavy (non-hydrogen) atoms. The lowest BCUT2D eigenvalue weighted by molar-refractivity contribution is 0.105. The van der Waals surface area contributed by atoms with Crippen LogP contribution < -0.4 is 0 Å². The smallest absolute Gasteiger partial charge is 0.122 e. The lowest BCUT2D eigenvalue weighted by Crippen LogP contribution is -2.21. The van der Waals surface area contributed by atoms with E-state index in [-0.39, 0.29) is 0 Å². The van der Waals surface area contributed by atoms with E-state index in [1.807, 2.05) is 30.5 Å². The standard InChI is InChI=1S/C14H15BrOS/c1-3-10-4-6-11(7-5-10)14(2,16)13-12(15)8-9-17-13/h4-9,16H,3H2,1-2H3. The van der Waals surface area contributed by atoms with Gasteiger partial charge in [-0.1, -0.05) is 31.2 Å². The van der Waals surface area contributed by atoms with Crippen LogP contribution in [0.3, 0.4) is 0 Å². The second-order valence-corrected chi connectivity index (χ2v) is 5.99. The summed E-state index contributed by atoms with van der Waals surface area (Å²) in [5, 5.41) is 12.7. The van der Waals surface area contributed by atoms with E-state index >= 15 is 0 Å². The molecular formula is C14H15BrOS. The highest BCUT2D eigenvalue weighted by molar-refractivity contribution is 9.10. The summed E-state index contributed by atoms with van der Waals surface area (Å²) < 4.78 is 0.965. The van der Waals surface area contributed by atoms with Gasteiger partial charge in [-0.15, -0.1) is 11.3 Å². The maximum Gasteiger partial charge on any atom is 0.122 e. The van der Waals surface area contributed by atoms with Crippen LogP contribution in [-0.2, 0) is 12.0 Å². The number of halogens is 1. The van der Waals surface area contributed by atoms with Gasteiger partial charge in [0.25, 0.3) is 0 Å². The topological polar surface area (TPSA) is 20.2 Å². The number of aryl methyl sites for hydroxylation is 1. The predicted molar refractivity (Wildman–Crippen MR) is 76.5 cm³/mol. The highest BCUT2D eigenvalue weighted by atomic mass is 79.9. The molecule has 1 N–H and O–H groups in total. The van der Waals surface area contributed by atoms with Crippen LogP contribution >= 0.6 is 27.3 Å². The Morgan fingerprint density at radius 2 is 1.88 bits per heavy atom. The van der Waals surface area contributed by atoms with Crippen LogP contribution in [0.25, 0.3) is 0 Å². The first kappa shape index (κ1) is 12.8. The van der Waals surface area contributed by atoms with Crippen LogP contribution in [0.2, 0.25) is 0 Å². The fourth-order valence-corrected chi connectivity index (χ4v) is 3.68. The van der Waals surface area contributed by atoms with E-state index in [0.29, 0.717) is 0 Å². The molecule has 0 aliphatic rings. The highest BCUT2D eigenvalue weighted by Crippen LogP contribution is 2.37. The Labute approximate surface area is 114 Å². The number of hydrogen-bond acceptors (Lipinski definition) is 2. The predicted octanol–water partition coefficient (Wildman–Crippen LogP) is 4.33. The van der Waals surface area contributed by atoms with Gasteiger partial charge in [0, 0.05) is 4.47 Å². The summed E-state index contributed by atoms with van der Waals surface area (Å²) >= 11 is 5.04. The number of hydrogen-bond donors (Lipinski definition) is 1. The molecular weight excluding hydrogens is 296 g/mol. The molecule has 0 saturated carbocycles. The molecule has 0 fully saturated rings. The minimum Gasteiger partial charge on any atom is -0.380 e. The van der Waals surface area contributed by atoms with Gasteiger partial charge >= 0.3 is 0 Å². The van der Waals surface area contributed by atoms with Crippen LogP contribution in [0.15, 0.2) is 40.2 Å². The van der Waals surface area contributed by atoms with Crippen LogP contribution in [0.1, 0.15) is 29.9 Å². The molecule has 0 aliphatic carbocycles. The van der Waals surface area contributed by atoms with Gasteiger partial charge < -0.3 is 5.11 Å². The number of rotatable bonds is 3. The fourth-order valence-electron chi connectivity index (χ4n) is 1.84. The van der Waals surface area contributed by atoms with Gasteiger partial charge in [-0.25, -0.2) is 0 Å². The summed E-state index contributed by atoms with van der Waals surface area (Å²) in [4.78, 5) is 0.946. The number of thiophene rings is 1. The Morgan fingerprint density at radius 1 is 1.24 bits per heavy atom. The molecule has 1 heterocycles. The van der Waals surface area contributed by atoms with Gasteiger partial charge in [0.05, 0.1) is 4.88 Å². The third-order valence-corrected chi connectivity index (χ3v) is 5.03. The summed E-state index contributed by atoms with van der Waals surface area (Å²) in [6.45, 7) is 3.97. The van der Waals surface area contributed by atoms with Crippen LogP contribution in [0.5, 0.6) is 0 Å². The molecule has 1 aromatic carbocycles. The summed E-state index contributed by atoms with van der Waals surface area (Å²) in [7, 11) is 0. The number of benzene rings is 1. The summed E-state index contributed by atoms with van der Waals surface area (Å²) in [5.74, 6) is 0. The lowest BCUT2D eigenvalue weighted by Gasteiger charge is -2.23. The van der Waals surface area contributed by atoms with Crippen molar-refractivity contribution in [3.8, 4) is 0 Å². The molecule has 1 aromatic heterocycles. The fraction of sp³-hybridized carbons (Fsp3) is 0.286. The monoisotopic (exact) mass is 310 g/mol. The average molecular weight is 311 g/mol. The Morgan fingerprint density at radius 3 is 2.35 bits per heavy atom. The summed E-state index contributed by atoms with van der Waals surface area (Å²) in [6, 6.07) is 10.1. The van der Waals surface area contributed by atoms with Crippen molar-refractivity contribution in [3.05, 3.63) is 56.2 Å². The molecule has 90 valence electrons.